The Labute approximate surface area is 250 Å². The van der Waals surface area contributed by atoms with E-state index in [2.05, 4.69) is 15.2 Å². The monoisotopic (exact) mass is 638 g/mol. The molecule has 17 heteroatoms. The molecule has 1 atom stereocenters. The van der Waals surface area contributed by atoms with Crippen molar-refractivity contribution < 1.29 is 45.7 Å². The van der Waals surface area contributed by atoms with Crippen molar-refractivity contribution in [1.82, 2.24) is 19.5 Å². The zero-order valence-electron chi connectivity index (χ0n) is 23.8. The molecule has 0 bridgehead atoms. The number of benzene rings is 2. The van der Waals surface area contributed by atoms with Gasteiger partial charge < -0.3 is 14.8 Å². The van der Waals surface area contributed by atoms with E-state index in [9.17, 15) is 36.4 Å². The summed E-state index contributed by atoms with van der Waals surface area (Å²) in [5.74, 6) is -2.00. The number of hydrazine groups is 1. The number of esters is 1. The van der Waals surface area contributed by atoms with E-state index in [4.69, 9.17) is 4.74 Å². The summed E-state index contributed by atoms with van der Waals surface area (Å²) in [6.07, 6.45) is -4.21. The van der Waals surface area contributed by atoms with Crippen LogP contribution in [0.4, 0.5) is 13.2 Å². The van der Waals surface area contributed by atoms with Gasteiger partial charge in [0.05, 0.1) is 33.7 Å². The van der Waals surface area contributed by atoms with Crippen LogP contribution in [0.1, 0.15) is 37.9 Å². The maximum absolute atomic E-state index is 13.5. The summed E-state index contributed by atoms with van der Waals surface area (Å²) in [7, 11) is -4.44. The van der Waals surface area contributed by atoms with Crippen molar-refractivity contribution in [1.29, 1.82) is 0 Å². The van der Waals surface area contributed by atoms with Crippen molar-refractivity contribution in [2.24, 2.45) is 11.2 Å². The van der Waals surface area contributed by atoms with Gasteiger partial charge in [0.1, 0.15) is 0 Å². The number of sulfonamides is 1. The number of aromatic nitrogens is 2. The number of nitrogens with one attached hydrogen (secondary N) is 1. The molecule has 44 heavy (non-hydrogen) atoms. The summed E-state index contributed by atoms with van der Waals surface area (Å²) in [5, 5.41) is 20.2. The van der Waals surface area contributed by atoms with Crippen LogP contribution in [0.15, 0.2) is 64.8 Å². The van der Waals surface area contributed by atoms with Crippen molar-refractivity contribution in [2.75, 3.05) is 13.3 Å². The van der Waals surface area contributed by atoms with Gasteiger partial charge in [0.25, 0.3) is 22.7 Å². The SMILES string of the molecule is Cc1ccc(-c2cc(C(F)(F)F)nn2-c2ccc(S(=O)(=O)NC(=O)[C@@H]3CCCN3[N+]([O-])=NOCOC(=O)C(C)C)cc2)cc1. The van der Waals surface area contributed by atoms with E-state index in [1.165, 1.54) is 12.1 Å². The summed E-state index contributed by atoms with van der Waals surface area (Å²) < 4.78 is 74.2. The third-order valence-electron chi connectivity index (χ3n) is 6.57. The first kappa shape index (κ1) is 32.2. The van der Waals surface area contributed by atoms with Gasteiger partial charge in [-0.1, -0.05) is 43.7 Å². The van der Waals surface area contributed by atoms with E-state index in [-0.39, 0.29) is 34.2 Å². The van der Waals surface area contributed by atoms with E-state index in [0.29, 0.717) is 12.0 Å². The van der Waals surface area contributed by atoms with Crippen LogP contribution in [0.3, 0.4) is 0 Å². The van der Waals surface area contributed by atoms with Crippen LogP contribution >= 0.6 is 0 Å². The molecule has 1 aliphatic heterocycles. The number of carbonyl (C=O) groups excluding carboxylic acids is 2. The minimum absolute atomic E-state index is 0.0210. The van der Waals surface area contributed by atoms with Gasteiger partial charge in [-0.2, -0.15) is 18.3 Å². The summed E-state index contributed by atoms with van der Waals surface area (Å²) in [4.78, 5) is 28.6. The molecule has 4 rings (SSSR count). The third kappa shape index (κ3) is 7.45. The molecule has 0 saturated carbocycles. The third-order valence-corrected chi connectivity index (χ3v) is 7.94. The molecule has 3 aromatic rings. The van der Waals surface area contributed by atoms with Gasteiger partial charge in [0.2, 0.25) is 5.28 Å². The zero-order valence-corrected chi connectivity index (χ0v) is 24.6. The second kappa shape index (κ2) is 12.9. The van der Waals surface area contributed by atoms with Crippen molar-refractivity contribution in [3.05, 3.63) is 71.1 Å². The Morgan fingerprint density at radius 3 is 2.43 bits per heavy atom. The number of ether oxygens (including phenoxy) is 1. The fraction of sp³-hybridized carbons (Fsp3) is 0.370. The maximum Gasteiger partial charge on any atom is 0.435 e. The quantitative estimate of drug-likeness (QED) is 0.0862. The van der Waals surface area contributed by atoms with Crippen molar-refractivity contribution in [3.63, 3.8) is 0 Å². The predicted octanol–water partition coefficient (Wildman–Crippen LogP) is 4.10. The predicted molar refractivity (Wildman–Crippen MR) is 147 cm³/mol. The molecule has 0 aliphatic carbocycles. The normalized spacial score (nSPS) is 15.8. The van der Waals surface area contributed by atoms with Gasteiger partial charge >= 0.3 is 12.1 Å². The molecule has 1 amide bonds. The molecule has 1 N–H and O–H groups in total. The Balaban J connectivity index is 1.49. The lowest BCUT2D eigenvalue weighted by atomic mass is 10.1. The van der Waals surface area contributed by atoms with Crippen LogP contribution in [0.5, 0.6) is 0 Å². The van der Waals surface area contributed by atoms with Gasteiger partial charge in [0.15, 0.2) is 11.7 Å². The highest BCUT2D eigenvalue weighted by atomic mass is 32.2. The fourth-order valence-corrected chi connectivity index (χ4v) is 5.28. The first-order valence-electron chi connectivity index (χ1n) is 13.3. The Morgan fingerprint density at radius 2 is 1.82 bits per heavy atom. The fourth-order valence-electron chi connectivity index (χ4n) is 4.27. The molecule has 0 radical (unpaired) electrons. The lowest BCUT2D eigenvalue weighted by Gasteiger charge is -2.19. The molecule has 1 aromatic heterocycles. The highest BCUT2D eigenvalue weighted by molar-refractivity contribution is 7.90. The summed E-state index contributed by atoms with van der Waals surface area (Å²) in [5.41, 5.74) is 0.524. The minimum atomic E-state index is -4.72. The van der Waals surface area contributed by atoms with Crippen LogP contribution in [0.25, 0.3) is 16.9 Å². The molecule has 1 fully saturated rings. The molecule has 1 aliphatic rings. The number of hydrogen-bond donors (Lipinski definition) is 1. The second-order valence-corrected chi connectivity index (χ2v) is 11.9. The van der Waals surface area contributed by atoms with Crippen molar-refractivity contribution >= 4 is 21.9 Å². The van der Waals surface area contributed by atoms with Gasteiger partial charge in [0, 0.05) is 5.56 Å². The molecular weight excluding hydrogens is 609 g/mol. The van der Waals surface area contributed by atoms with Crippen LogP contribution in [-0.4, -0.2) is 59.4 Å². The zero-order chi connectivity index (χ0) is 32.2. The number of amides is 1. The van der Waals surface area contributed by atoms with Crippen LogP contribution in [-0.2, 0) is 35.4 Å². The summed E-state index contributed by atoms with van der Waals surface area (Å²) >= 11 is 0. The molecule has 1 saturated heterocycles. The lowest BCUT2D eigenvalue weighted by Crippen LogP contribution is -2.47. The largest absolute Gasteiger partial charge is 0.569 e. The number of alkyl halides is 3. The average Bonchev–Trinajstić information content (AvgIpc) is 3.64. The number of carbonyl (C=O) groups is 2. The highest BCUT2D eigenvalue weighted by Gasteiger charge is 2.39. The number of halogens is 3. The maximum atomic E-state index is 13.5. The van der Waals surface area contributed by atoms with Gasteiger partial charge in [-0.05, 0) is 50.1 Å². The Hall–Kier alpha value is -4.67. The Bertz CT molecular complexity index is 1640. The smallest absolute Gasteiger partial charge is 0.435 e. The van der Waals surface area contributed by atoms with Gasteiger partial charge in [-0.3, -0.25) is 9.59 Å². The van der Waals surface area contributed by atoms with Gasteiger partial charge in [-0.25, -0.2) is 17.8 Å². The number of hydrogen-bond acceptors (Lipinski definition) is 9. The minimum Gasteiger partial charge on any atom is -0.569 e. The molecule has 13 nitrogen and oxygen atoms in total. The first-order chi connectivity index (χ1) is 20.7. The molecule has 2 heterocycles. The second-order valence-electron chi connectivity index (χ2n) is 10.2. The van der Waals surface area contributed by atoms with E-state index in [1.807, 2.05) is 11.6 Å². The lowest BCUT2D eigenvalue weighted by molar-refractivity contribution is -0.712. The molecule has 2 aromatic carbocycles. The van der Waals surface area contributed by atoms with Crippen LogP contribution < -0.4 is 4.72 Å². The molecular formula is C27H29F3N6O7S. The van der Waals surface area contributed by atoms with E-state index >= 15 is 0 Å². The number of rotatable bonds is 10. The van der Waals surface area contributed by atoms with E-state index in [1.54, 1.807) is 38.1 Å². The van der Waals surface area contributed by atoms with E-state index in [0.717, 1.165) is 33.5 Å². The standard InChI is InChI=1S/C27H29F3N6O7S/c1-17(2)26(38)42-16-43-33-36(39)34-14-4-5-22(34)25(37)32-44(40,41)21-12-10-20(11-13-21)35-23(15-24(31-35)27(28,29)30)19-8-6-18(3)7-9-19/h6-13,15,17,22H,4-5,14,16H2,1-3H3,(H,32,37)/t22-/m0/s1. The average molecular weight is 639 g/mol. The van der Waals surface area contributed by atoms with Gasteiger partial charge in [-0.15, -0.1) is 5.01 Å². The molecule has 236 valence electrons. The first-order valence-corrected chi connectivity index (χ1v) is 14.8. The molecule has 0 unspecified atom stereocenters. The summed E-state index contributed by atoms with van der Waals surface area (Å²) in [6.45, 7) is 4.48. The Kier molecular flexibility index (Phi) is 9.46. The Morgan fingerprint density at radius 1 is 1.16 bits per heavy atom. The van der Waals surface area contributed by atoms with E-state index < -0.39 is 52.5 Å². The summed E-state index contributed by atoms with van der Waals surface area (Å²) in [6, 6.07) is 11.2. The number of nitrogens with zero attached hydrogens (tertiary/aromatic N) is 5. The molecule has 0 spiro atoms. The van der Waals surface area contributed by atoms with Crippen LogP contribution in [0, 0.1) is 18.0 Å². The highest BCUT2D eigenvalue weighted by Crippen LogP contribution is 2.33. The van der Waals surface area contributed by atoms with Crippen molar-refractivity contribution in [2.45, 2.75) is 50.7 Å². The van der Waals surface area contributed by atoms with Crippen LogP contribution in [0.2, 0.25) is 0 Å². The number of aryl methyl sites for hydroxylation is 1. The van der Waals surface area contributed by atoms with Crippen molar-refractivity contribution in [3.8, 4) is 16.9 Å². The topological polar surface area (TPSA) is 158 Å².